The van der Waals surface area contributed by atoms with Gasteiger partial charge in [-0.05, 0) is 34.5 Å². The third-order valence-electron chi connectivity index (χ3n) is 3.14. The molecule has 2 aromatic carbocycles. The highest BCUT2D eigenvalue weighted by atomic mass is 79.9. The van der Waals surface area contributed by atoms with Gasteiger partial charge in [0.05, 0.1) is 10.5 Å². The van der Waals surface area contributed by atoms with E-state index in [9.17, 15) is 4.39 Å². The molecular weight excluding hydrogens is 321 g/mol. The zero-order valence-corrected chi connectivity index (χ0v) is 12.8. The summed E-state index contributed by atoms with van der Waals surface area (Å²) in [6.45, 7) is 2.42. The molecule has 2 N–H and O–H groups in total. The van der Waals surface area contributed by atoms with Crippen molar-refractivity contribution in [3.63, 3.8) is 0 Å². The van der Waals surface area contributed by atoms with Crippen LogP contribution in [0, 0.1) is 5.82 Å². The summed E-state index contributed by atoms with van der Waals surface area (Å²) in [5.41, 5.74) is 7.63. The van der Waals surface area contributed by atoms with Gasteiger partial charge in [0.15, 0.2) is 0 Å². The van der Waals surface area contributed by atoms with E-state index < -0.39 is 6.04 Å². The Kier molecular flexibility index (Phi) is 5.29. The van der Waals surface area contributed by atoms with Gasteiger partial charge in [-0.1, -0.05) is 42.5 Å². The van der Waals surface area contributed by atoms with E-state index in [1.54, 1.807) is 18.2 Å². The van der Waals surface area contributed by atoms with Gasteiger partial charge in [0.1, 0.15) is 11.9 Å². The van der Waals surface area contributed by atoms with Crippen molar-refractivity contribution >= 4 is 15.9 Å². The summed E-state index contributed by atoms with van der Waals surface area (Å²) in [6.07, 6.45) is -0.370. The van der Waals surface area contributed by atoms with Crippen LogP contribution in [0.4, 0.5) is 4.39 Å². The van der Waals surface area contributed by atoms with E-state index in [1.165, 1.54) is 0 Å². The van der Waals surface area contributed by atoms with Gasteiger partial charge in [0.25, 0.3) is 0 Å². The van der Waals surface area contributed by atoms with E-state index in [0.29, 0.717) is 16.6 Å². The third kappa shape index (κ3) is 3.26. The van der Waals surface area contributed by atoms with E-state index in [2.05, 4.69) is 15.9 Å². The molecule has 2 unspecified atom stereocenters. The van der Waals surface area contributed by atoms with Crippen LogP contribution < -0.4 is 5.73 Å². The minimum atomic E-state index is -0.560. The molecule has 0 saturated heterocycles. The largest absolute Gasteiger partial charge is 0.372 e. The van der Waals surface area contributed by atoms with Crippen LogP contribution in [0.2, 0.25) is 0 Å². The first-order valence-corrected chi connectivity index (χ1v) is 7.30. The molecule has 106 valence electrons. The minimum absolute atomic E-state index is 0.333. The fourth-order valence-electron chi connectivity index (χ4n) is 2.17. The highest BCUT2D eigenvalue weighted by molar-refractivity contribution is 9.10. The number of hydrogen-bond donors (Lipinski definition) is 1. The predicted molar refractivity (Wildman–Crippen MR) is 81.8 cm³/mol. The Bertz CT molecular complexity index is 562. The second kappa shape index (κ2) is 6.97. The van der Waals surface area contributed by atoms with Crippen LogP contribution in [0.25, 0.3) is 0 Å². The maximum atomic E-state index is 14.2. The Morgan fingerprint density at radius 2 is 1.85 bits per heavy atom. The number of benzene rings is 2. The smallest absolute Gasteiger partial charge is 0.142 e. The maximum absolute atomic E-state index is 14.2. The van der Waals surface area contributed by atoms with Crippen LogP contribution in [0.5, 0.6) is 0 Å². The van der Waals surface area contributed by atoms with Crippen LogP contribution in [0.3, 0.4) is 0 Å². The van der Waals surface area contributed by atoms with Crippen LogP contribution in [-0.2, 0) is 4.74 Å². The lowest BCUT2D eigenvalue weighted by molar-refractivity contribution is 0.0421. The zero-order valence-electron chi connectivity index (χ0n) is 11.2. The van der Waals surface area contributed by atoms with Crippen molar-refractivity contribution in [2.75, 3.05) is 6.61 Å². The van der Waals surface area contributed by atoms with Gasteiger partial charge in [-0.25, -0.2) is 4.39 Å². The second-order valence-electron chi connectivity index (χ2n) is 4.46. The SMILES string of the molecule is CCOC(c1ccccc1)C(N)c1cccc(Br)c1F. The number of halogens is 2. The molecule has 2 aromatic rings. The summed E-state index contributed by atoms with van der Waals surface area (Å²) in [5, 5.41) is 0. The molecule has 0 saturated carbocycles. The number of rotatable bonds is 5. The summed E-state index contributed by atoms with van der Waals surface area (Å²) >= 11 is 3.19. The second-order valence-corrected chi connectivity index (χ2v) is 5.31. The number of nitrogens with two attached hydrogens (primary N) is 1. The summed E-state index contributed by atoms with van der Waals surface area (Å²) in [7, 11) is 0. The van der Waals surface area contributed by atoms with Crippen LogP contribution in [0.1, 0.15) is 30.2 Å². The molecule has 0 aliphatic heterocycles. The van der Waals surface area contributed by atoms with Crippen molar-refractivity contribution in [3.05, 3.63) is 69.9 Å². The van der Waals surface area contributed by atoms with Crippen LogP contribution >= 0.6 is 15.9 Å². The van der Waals surface area contributed by atoms with Crippen molar-refractivity contribution in [3.8, 4) is 0 Å². The maximum Gasteiger partial charge on any atom is 0.142 e. The summed E-state index contributed by atoms with van der Waals surface area (Å²) in [5.74, 6) is -0.333. The van der Waals surface area contributed by atoms with Crippen molar-refractivity contribution in [2.24, 2.45) is 5.73 Å². The fourth-order valence-corrected chi connectivity index (χ4v) is 2.55. The lowest BCUT2D eigenvalue weighted by Gasteiger charge is -2.25. The Balaban J connectivity index is 2.36. The molecule has 0 aliphatic rings. The van der Waals surface area contributed by atoms with Crippen molar-refractivity contribution in [1.82, 2.24) is 0 Å². The molecule has 0 amide bonds. The van der Waals surface area contributed by atoms with Gasteiger partial charge in [-0.15, -0.1) is 0 Å². The van der Waals surface area contributed by atoms with E-state index in [-0.39, 0.29) is 11.9 Å². The molecule has 20 heavy (non-hydrogen) atoms. The Hall–Kier alpha value is -1.23. The quantitative estimate of drug-likeness (QED) is 0.879. The monoisotopic (exact) mass is 337 g/mol. The van der Waals surface area contributed by atoms with Crippen LogP contribution in [-0.4, -0.2) is 6.61 Å². The number of ether oxygens (including phenoxy) is 1. The molecule has 0 bridgehead atoms. The summed E-state index contributed by atoms with van der Waals surface area (Å²) < 4.78 is 20.3. The molecule has 4 heteroatoms. The van der Waals surface area contributed by atoms with Gasteiger partial charge in [-0.2, -0.15) is 0 Å². The van der Waals surface area contributed by atoms with E-state index >= 15 is 0 Å². The topological polar surface area (TPSA) is 35.2 Å². The molecule has 2 nitrogen and oxygen atoms in total. The zero-order chi connectivity index (χ0) is 14.5. The molecule has 2 atom stereocenters. The normalized spacial score (nSPS) is 14.0. The standard InChI is InChI=1S/C16H17BrFNO/c1-2-20-16(11-7-4-3-5-8-11)15(19)12-9-6-10-13(17)14(12)18/h3-10,15-16H,2,19H2,1H3. The fraction of sp³-hybridized carbons (Fsp3) is 0.250. The van der Waals surface area contributed by atoms with E-state index in [0.717, 1.165) is 5.56 Å². The highest BCUT2D eigenvalue weighted by Gasteiger charge is 2.24. The molecule has 0 fully saturated rings. The van der Waals surface area contributed by atoms with Gasteiger partial charge in [-0.3, -0.25) is 0 Å². The van der Waals surface area contributed by atoms with Gasteiger partial charge >= 0.3 is 0 Å². The van der Waals surface area contributed by atoms with Gasteiger partial charge in [0.2, 0.25) is 0 Å². The molecule has 0 aliphatic carbocycles. The lowest BCUT2D eigenvalue weighted by Crippen LogP contribution is -2.23. The predicted octanol–water partition coefficient (Wildman–Crippen LogP) is 4.37. The molecule has 0 spiro atoms. The number of hydrogen-bond acceptors (Lipinski definition) is 2. The Morgan fingerprint density at radius 1 is 1.15 bits per heavy atom. The molecule has 0 aromatic heterocycles. The van der Waals surface area contributed by atoms with Gasteiger partial charge < -0.3 is 10.5 Å². The first-order chi connectivity index (χ1) is 9.65. The minimum Gasteiger partial charge on any atom is -0.372 e. The van der Waals surface area contributed by atoms with E-state index in [1.807, 2.05) is 37.3 Å². The first kappa shape index (κ1) is 15.2. The van der Waals surface area contributed by atoms with E-state index in [4.69, 9.17) is 10.5 Å². The van der Waals surface area contributed by atoms with Crippen molar-refractivity contribution in [2.45, 2.75) is 19.1 Å². The van der Waals surface area contributed by atoms with Crippen LogP contribution in [0.15, 0.2) is 53.0 Å². The average molecular weight is 338 g/mol. The van der Waals surface area contributed by atoms with Gasteiger partial charge in [0, 0.05) is 12.2 Å². The third-order valence-corrected chi connectivity index (χ3v) is 3.75. The Morgan fingerprint density at radius 3 is 2.50 bits per heavy atom. The highest BCUT2D eigenvalue weighted by Crippen LogP contribution is 2.33. The molecule has 0 heterocycles. The first-order valence-electron chi connectivity index (χ1n) is 6.51. The summed E-state index contributed by atoms with van der Waals surface area (Å²) in [4.78, 5) is 0. The van der Waals surface area contributed by atoms with Crippen molar-refractivity contribution < 1.29 is 9.13 Å². The average Bonchev–Trinajstić information content (AvgIpc) is 2.48. The molecular formula is C16H17BrFNO. The molecule has 0 radical (unpaired) electrons. The summed E-state index contributed by atoms with van der Waals surface area (Å²) in [6, 6.07) is 14.2. The van der Waals surface area contributed by atoms with Crippen molar-refractivity contribution in [1.29, 1.82) is 0 Å². The Labute approximate surface area is 126 Å². The lowest BCUT2D eigenvalue weighted by atomic mass is 9.96. The molecule has 2 rings (SSSR count).